The molecule has 0 saturated heterocycles. The summed E-state index contributed by atoms with van der Waals surface area (Å²) in [6, 6.07) is 0. The fourth-order valence-electron chi connectivity index (χ4n) is 0. The third-order valence-corrected chi connectivity index (χ3v) is 0. The van der Waals surface area contributed by atoms with E-state index in [1.165, 1.54) is 0 Å². The first-order valence-corrected chi connectivity index (χ1v) is 0.289. The first kappa shape index (κ1) is 39.2. The quantitative estimate of drug-likeness (QED) is 0.232. The largest absolute Gasteiger partial charge is 3.00 e. The Morgan fingerprint density at radius 3 is 0.833 bits per heavy atom. The first-order chi connectivity index (χ1) is 1.00. The summed E-state index contributed by atoms with van der Waals surface area (Å²) in [6.45, 7) is 2.00. The third kappa shape index (κ3) is 31.6. The summed E-state index contributed by atoms with van der Waals surface area (Å²) >= 11 is 0. The molecule has 0 saturated carbocycles. The van der Waals surface area contributed by atoms with Crippen molar-refractivity contribution in [3.63, 3.8) is 0 Å². The molecule has 0 heterocycles. The van der Waals surface area contributed by atoms with E-state index in [4.69, 9.17) is 4.79 Å². The van der Waals surface area contributed by atoms with Crippen molar-refractivity contribution < 1.29 is 96.2 Å². The fraction of sp³-hybridized carbons (Fsp3) is 0. The minimum absolute atomic E-state index is 0. The molecule has 0 amide bonds. The third-order valence-electron chi connectivity index (χ3n) is 0. The van der Waals surface area contributed by atoms with Gasteiger partial charge in [0.25, 0.3) is 0 Å². The molecule has 0 aliphatic heterocycles. The number of carbonyl (C=O) groups excluding carboxylic acids is 1. The van der Waals surface area contributed by atoms with Crippen LogP contribution >= 0.6 is 0 Å². The number of rotatable bonds is 0. The molecule has 0 unspecified atom stereocenters. The Hall–Kier alpha value is 2.48. The average Bonchev–Trinajstić information content (AvgIpc) is 1.00. The van der Waals surface area contributed by atoms with Crippen LogP contribution in [-0.2, 0) is 24.3 Å². The van der Waals surface area contributed by atoms with Crippen LogP contribution in [0.15, 0.2) is 0 Å². The molecule has 0 aromatic carbocycles. The Kier molecular flexibility index (Phi) is 333. The van der Waals surface area contributed by atoms with Crippen LogP contribution < -0.4 is 71.9 Å². The van der Waals surface area contributed by atoms with Gasteiger partial charge in [0.2, 0.25) is 0 Å². The van der Waals surface area contributed by atoms with Gasteiger partial charge in [0.1, 0.15) is 6.79 Å². The van der Waals surface area contributed by atoms with Crippen molar-refractivity contribution in [2.45, 2.75) is 0 Å². The monoisotopic (exact) mass is 514 g/mol. The van der Waals surface area contributed by atoms with E-state index in [9.17, 15) is 0 Å². The van der Waals surface area contributed by atoms with E-state index in [2.05, 4.69) is 0 Å². The van der Waals surface area contributed by atoms with Gasteiger partial charge in [0, 0.05) is 0 Å². The van der Waals surface area contributed by atoms with Gasteiger partial charge in [-0.25, -0.2) is 0 Å². The number of hydrogen-bond donors (Lipinski definition) is 0. The standard InChI is InChI=1S/CH2O.3HI.Rh/c1-2;;;;/h1H2;3*1H;/q;;;;+3/p-3. The Bertz CT molecular complexity index is 10.8. The van der Waals surface area contributed by atoms with Crippen molar-refractivity contribution in [2.75, 3.05) is 0 Å². The van der Waals surface area contributed by atoms with E-state index in [1.54, 1.807) is 0 Å². The summed E-state index contributed by atoms with van der Waals surface area (Å²) in [4.78, 5) is 8.00. The molecule has 0 fully saturated rings. The summed E-state index contributed by atoms with van der Waals surface area (Å²) in [6.07, 6.45) is 0. The molecular weight excluding hydrogens is 512 g/mol. The Morgan fingerprint density at radius 2 is 0.833 bits per heavy atom. The maximum absolute atomic E-state index is 8.00. The summed E-state index contributed by atoms with van der Waals surface area (Å²) < 4.78 is 0. The van der Waals surface area contributed by atoms with E-state index >= 15 is 0 Å². The SMILES string of the molecule is C=O.[I-].[I-].[I-].[Rh+3]. The summed E-state index contributed by atoms with van der Waals surface area (Å²) in [5.74, 6) is 0. The van der Waals surface area contributed by atoms with Crippen molar-refractivity contribution in [3.05, 3.63) is 0 Å². The zero-order valence-electron chi connectivity index (χ0n) is 2.58. The van der Waals surface area contributed by atoms with Gasteiger partial charge >= 0.3 is 19.5 Å². The first-order valence-electron chi connectivity index (χ1n) is 0.289. The molecule has 0 atom stereocenters. The van der Waals surface area contributed by atoms with Gasteiger partial charge < -0.3 is 76.7 Å². The normalized spacial score (nSPS) is 0.667. The van der Waals surface area contributed by atoms with E-state index in [0.717, 1.165) is 0 Å². The molecule has 0 spiro atoms. The van der Waals surface area contributed by atoms with Crippen molar-refractivity contribution in [2.24, 2.45) is 0 Å². The van der Waals surface area contributed by atoms with Crippen LogP contribution in [0.5, 0.6) is 0 Å². The average molecular weight is 514 g/mol. The van der Waals surface area contributed by atoms with Crippen molar-refractivity contribution in [3.8, 4) is 0 Å². The molecule has 0 rings (SSSR count). The topological polar surface area (TPSA) is 17.1 Å². The molecule has 0 aromatic heterocycles. The van der Waals surface area contributed by atoms with Gasteiger partial charge in [-0.15, -0.1) is 0 Å². The van der Waals surface area contributed by atoms with Crippen LogP contribution in [0.1, 0.15) is 0 Å². The zero-order chi connectivity index (χ0) is 2.00. The Morgan fingerprint density at radius 1 is 0.833 bits per heavy atom. The van der Waals surface area contributed by atoms with Crippen LogP contribution in [0.2, 0.25) is 0 Å². The molecule has 0 aromatic rings. The molecule has 6 heavy (non-hydrogen) atoms. The molecule has 1 nitrogen and oxygen atoms in total. The van der Waals surface area contributed by atoms with Gasteiger partial charge in [-0.1, -0.05) is 0 Å². The van der Waals surface area contributed by atoms with Crippen LogP contribution in [0.4, 0.5) is 0 Å². The Labute approximate surface area is 101 Å². The number of carbonyl (C=O) groups is 1. The van der Waals surface area contributed by atoms with E-state index < -0.39 is 0 Å². The smallest absolute Gasteiger partial charge is 1.00 e. The van der Waals surface area contributed by atoms with Crippen LogP contribution in [0.25, 0.3) is 0 Å². The maximum Gasteiger partial charge on any atom is 3.00 e. The second-order valence-corrected chi connectivity index (χ2v) is 0. The van der Waals surface area contributed by atoms with Crippen molar-refractivity contribution in [1.82, 2.24) is 0 Å². The molecule has 0 aliphatic carbocycles. The fourth-order valence-corrected chi connectivity index (χ4v) is 0. The minimum atomic E-state index is 0. The molecular formula is CH2I3ORh. The summed E-state index contributed by atoms with van der Waals surface area (Å²) in [5, 5.41) is 0. The molecule has 0 aliphatic rings. The van der Waals surface area contributed by atoms with Gasteiger partial charge in [-0.3, -0.25) is 0 Å². The maximum atomic E-state index is 8.00. The van der Waals surface area contributed by atoms with Crippen LogP contribution in [0.3, 0.4) is 0 Å². The van der Waals surface area contributed by atoms with Gasteiger partial charge in [-0.2, -0.15) is 0 Å². The zero-order valence-corrected chi connectivity index (χ0v) is 10.7. The second kappa shape index (κ2) is 51.0. The molecule has 5 heteroatoms. The van der Waals surface area contributed by atoms with Crippen LogP contribution in [0, 0.1) is 0 Å². The predicted octanol–water partition coefficient (Wildman–Crippen LogP) is -9.18. The molecule has 42 valence electrons. The summed E-state index contributed by atoms with van der Waals surface area (Å²) in [5.41, 5.74) is 0. The van der Waals surface area contributed by atoms with Gasteiger partial charge in [0.15, 0.2) is 0 Å². The summed E-state index contributed by atoms with van der Waals surface area (Å²) in [7, 11) is 0. The van der Waals surface area contributed by atoms with Gasteiger partial charge in [0.05, 0.1) is 0 Å². The Balaban J connectivity index is -0.000000000833. The molecule has 0 N–H and O–H groups in total. The number of halogens is 3. The minimum Gasteiger partial charge on any atom is -1.00 e. The molecule has 0 bridgehead atoms. The van der Waals surface area contributed by atoms with Crippen molar-refractivity contribution >= 4 is 6.79 Å². The second-order valence-electron chi connectivity index (χ2n) is 0. The van der Waals surface area contributed by atoms with E-state index in [1.807, 2.05) is 6.79 Å². The van der Waals surface area contributed by atoms with Crippen molar-refractivity contribution in [1.29, 1.82) is 0 Å². The van der Waals surface area contributed by atoms with Gasteiger partial charge in [-0.05, 0) is 0 Å². The molecule has 0 radical (unpaired) electrons. The predicted molar refractivity (Wildman–Crippen MR) is 7.12 cm³/mol. The number of hydrogen-bond acceptors (Lipinski definition) is 1. The van der Waals surface area contributed by atoms with E-state index in [-0.39, 0.29) is 91.4 Å². The van der Waals surface area contributed by atoms with Crippen LogP contribution in [-0.4, -0.2) is 6.79 Å². The van der Waals surface area contributed by atoms with E-state index in [0.29, 0.717) is 0 Å².